The first-order chi connectivity index (χ1) is 14.3. The van der Waals surface area contributed by atoms with E-state index in [1.807, 2.05) is 12.1 Å². The van der Waals surface area contributed by atoms with Gasteiger partial charge in [-0.25, -0.2) is 9.59 Å². The van der Waals surface area contributed by atoms with Gasteiger partial charge in [0, 0.05) is 0 Å². The number of esters is 2. The minimum atomic E-state index is -1.29. The summed E-state index contributed by atoms with van der Waals surface area (Å²) in [6, 6.07) is 17.3. The standard InChI is InChI=1S/C24H24O6/c1-23(2)28-18-14-15-19(27-21(25)16-10-6-4-7-11-16)24(3,20(18)29-23)30-22(26)17-12-8-5-9-13-17/h4-15,18-20H,1-3H3/t18-,19-,20-,24-/m0/s1. The average Bonchev–Trinajstić information content (AvgIpc) is 3.07. The molecular formula is C24H24O6. The smallest absolute Gasteiger partial charge is 0.338 e. The van der Waals surface area contributed by atoms with Gasteiger partial charge in [-0.05, 0) is 51.1 Å². The Morgan fingerprint density at radius 3 is 1.97 bits per heavy atom. The van der Waals surface area contributed by atoms with Crippen LogP contribution in [0.3, 0.4) is 0 Å². The van der Waals surface area contributed by atoms with E-state index in [4.69, 9.17) is 18.9 Å². The molecule has 0 unspecified atom stereocenters. The summed E-state index contributed by atoms with van der Waals surface area (Å²) in [5.74, 6) is -1.90. The number of fused-ring (bicyclic) bond motifs is 1. The number of carbonyl (C=O) groups excluding carboxylic acids is 2. The molecule has 1 saturated heterocycles. The monoisotopic (exact) mass is 408 g/mol. The second-order valence-corrected chi connectivity index (χ2v) is 8.04. The highest BCUT2D eigenvalue weighted by atomic mass is 16.8. The van der Waals surface area contributed by atoms with Gasteiger partial charge in [-0.3, -0.25) is 0 Å². The number of carbonyl (C=O) groups is 2. The minimum absolute atomic E-state index is 0.399. The van der Waals surface area contributed by atoms with E-state index in [9.17, 15) is 9.59 Å². The van der Waals surface area contributed by atoms with Crippen molar-refractivity contribution in [2.75, 3.05) is 0 Å². The first-order valence-electron chi connectivity index (χ1n) is 9.87. The summed E-state index contributed by atoms with van der Waals surface area (Å²) < 4.78 is 23.7. The zero-order chi connectivity index (χ0) is 21.4. The fourth-order valence-electron chi connectivity index (χ4n) is 3.80. The van der Waals surface area contributed by atoms with E-state index >= 15 is 0 Å². The Morgan fingerprint density at radius 1 is 0.800 bits per heavy atom. The lowest BCUT2D eigenvalue weighted by atomic mass is 9.83. The van der Waals surface area contributed by atoms with Gasteiger partial charge in [0.05, 0.1) is 11.1 Å². The van der Waals surface area contributed by atoms with Crippen molar-refractivity contribution in [1.29, 1.82) is 0 Å². The van der Waals surface area contributed by atoms with Crippen molar-refractivity contribution in [3.63, 3.8) is 0 Å². The molecule has 2 aromatic rings. The number of hydrogen-bond donors (Lipinski definition) is 0. The van der Waals surface area contributed by atoms with Gasteiger partial charge in [0.25, 0.3) is 0 Å². The van der Waals surface area contributed by atoms with Gasteiger partial charge in [-0.2, -0.15) is 0 Å². The Balaban J connectivity index is 1.64. The van der Waals surface area contributed by atoms with Crippen LogP contribution in [0.15, 0.2) is 72.8 Å². The molecule has 2 aromatic carbocycles. The molecule has 6 heteroatoms. The van der Waals surface area contributed by atoms with Crippen molar-refractivity contribution >= 4 is 11.9 Å². The van der Waals surface area contributed by atoms with Crippen LogP contribution in [0.25, 0.3) is 0 Å². The number of ether oxygens (including phenoxy) is 4. The lowest BCUT2D eigenvalue weighted by Gasteiger charge is -2.42. The Kier molecular flexibility index (Phi) is 5.22. The zero-order valence-corrected chi connectivity index (χ0v) is 17.1. The van der Waals surface area contributed by atoms with Gasteiger partial charge in [-0.1, -0.05) is 42.5 Å². The van der Waals surface area contributed by atoms with Crippen molar-refractivity contribution in [3.05, 3.63) is 83.9 Å². The molecular weight excluding hydrogens is 384 g/mol. The molecule has 156 valence electrons. The maximum atomic E-state index is 12.9. The molecule has 0 N–H and O–H groups in total. The number of hydrogen-bond acceptors (Lipinski definition) is 6. The van der Waals surface area contributed by atoms with E-state index in [1.54, 1.807) is 81.5 Å². The van der Waals surface area contributed by atoms with Crippen molar-refractivity contribution < 1.29 is 28.5 Å². The van der Waals surface area contributed by atoms with Crippen LogP contribution < -0.4 is 0 Å². The summed E-state index contributed by atoms with van der Waals surface area (Å²) in [5, 5.41) is 0. The average molecular weight is 408 g/mol. The first kappa shape index (κ1) is 20.3. The number of benzene rings is 2. The highest BCUT2D eigenvalue weighted by molar-refractivity contribution is 5.90. The summed E-state index contributed by atoms with van der Waals surface area (Å²) in [5.41, 5.74) is -0.477. The largest absolute Gasteiger partial charge is 0.450 e. The fraction of sp³-hybridized carbons (Fsp3) is 0.333. The summed E-state index contributed by atoms with van der Waals surface area (Å²) in [4.78, 5) is 25.6. The third-order valence-electron chi connectivity index (χ3n) is 5.30. The van der Waals surface area contributed by atoms with Gasteiger partial charge in [0.1, 0.15) is 12.2 Å². The lowest BCUT2D eigenvalue weighted by Crippen LogP contribution is -2.59. The van der Waals surface area contributed by atoms with Crippen LogP contribution in [0, 0.1) is 0 Å². The molecule has 0 radical (unpaired) electrons. The molecule has 30 heavy (non-hydrogen) atoms. The van der Waals surface area contributed by atoms with Gasteiger partial charge in [0.2, 0.25) is 0 Å². The predicted molar refractivity (Wildman–Crippen MR) is 109 cm³/mol. The topological polar surface area (TPSA) is 71.1 Å². The van der Waals surface area contributed by atoms with Crippen molar-refractivity contribution in [2.45, 2.75) is 50.5 Å². The molecule has 1 aliphatic carbocycles. The van der Waals surface area contributed by atoms with E-state index in [2.05, 4.69) is 0 Å². The van der Waals surface area contributed by atoms with E-state index in [-0.39, 0.29) is 0 Å². The van der Waals surface area contributed by atoms with Crippen LogP contribution >= 0.6 is 0 Å². The van der Waals surface area contributed by atoms with E-state index in [0.717, 1.165) is 0 Å². The molecule has 4 rings (SSSR count). The Hall–Kier alpha value is -2.96. The van der Waals surface area contributed by atoms with Crippen LogP contribution in [-0.2, 0) is 18.9 Å². The van der Waals surface area contributed by atoms with Gasteiger partial charge in [0.15, 0.2) is 17.5 Å². The molecule has 1 heterocycles. The highest BCUT2D eigenvalue weighted by Crippen LogP contribution is 2.42. The van der Waals surface area contributed by atoms with Gasteiger partial charge in [-0.15, -0.1) is 0 Å². The molecule has 0 saturated carbocycles. The van der Waals surface area contributed by atoms with E-state index < -0.39 is 41.6 Å². The maximum absolute atomic E-state index is 12.9. The van der Waals surface area contributed by atoms with Crippen LogP contribution in [0.5, 0.6) is 0 Å². The molecule has 4 atom stereocenters. The second-order valence-electron chi connectivity index (χ2n) is 8.04. The third-order valence-corrected chi connectivity index (χ3v) is 5.30. The molecule has 2 aliphatic rings. The van der Waals surface area contributed by atoms with Crippen molar-refractivity contribution in [3.8, 4) is 0 Å². The lowest BCUT2D eigenvalue weighted by molar-refractivity contribution is -0.183. The Bertz CT molecular complexity index is 952. The number of rotatable bonds is 4. The van der Waals surface area contributed by atoms with Gasteiger partial charge < -0.3 is 18.9 Å². The summed E-state index contributed by atoms with van der Waals surface area (Å²) in [6.07, 6.45) is 1.57. The third kappa shape index (κ3) is 3.88. The van der Waals surface area contributed by atoms with Crippen molar-refractivity contribution in [1.82, 2.24) is 0 Å². The Morgan fingerprint density at radius 2 is 1.37 bits per heavy atom. The summed E-state index contributed by atoms with van der Waals surface area (Å²) in [6.45, 7) is 5.30. The van der Waals surface area contributed by atoms with Crippen LogP contribution in [0.2, 0.25) is 0 Å². The quantitative estimate of drug-likeness (QED) is 0.564. The van der Waals surface area contributed by atoms with Crippen LogP contribution in [0.4, 0.5) is 0 Å². The molecule has 0 amide bonds. The summed E-state index contributed by atoms with van der Waals surface area (Å²) in [7, 11) is 0. The SMILES string of the molecule is CC1(C)O[C@H]2C=C[C@H](OC(=O)c3ccccc3)[C@](C)(OC(=O)c3ccccc3)[C@H]2O1. The normalized spacial score (nSPS) is 29.1. The first-order valence-corrected chi connectivity index (χ1v) is 9.87. The molecule has 0 spiro atoms. The van der Waals surface area contributed by atoms with Crippen molar-refractivity contribution in [2.24, 2.45) is 0 Å². The predicted octanol–water partition coefficient (Wildman–Crippen LogP) is 3.92. The summed E-state index contributed by atoms with van der Waals surface area (Å²) >= 11 is 0. The van der Waals surface area contributed by atoms with E-state index in [0.29, 0.717) is 11.1 Å². The molecule has 1 aliphatic heterocycles. The van der Waals surface area contributed by atoms with Crippen LogP contribution in [0.1, 0.15) is 41.5 Å². The molecule has 0 bridgehead atoms. The Labute approximate surface area is 175 Å². The highest BCUT2D eigenvalue weighted by Gasteiger charge is 2.58. The molecule has 6 nitrogen and oxygen atoms in total. The molecule has 1 fully saturated rings. The zero-order valence-electron chi connectivity index (χ0n) is 17.1. The maximum Gasteiger partial charge on any atom is 0.338 e. The minimum Gasteiger partial charge on any atom is -0.450 e. The fourth-order valence-corrected chi connectivity index (χ4v) is 3.80. The second kappa shape index (κ2) is 7.70. The van der Waals surface area contributed by atoms with Gasteiger partial charge >= 0.3 is 11.9 Å². The van der Waals surface area contributed by atoms with Crippen LogP contribution in [-0.4, -0.2) is 41.6 Å². The van der Waals surface area contributed by atoms with E-state index in [1.165, 1.54) is 0 Å². The molecule has 0 aromatic heterocycles.